The van der Waals surface area contributed by atoms with Crippen molar-refractivity contribution in [2.45, 2.75) is 31.1 Å². The van der Waals surface area contributed by atoms with Crippen molar-refractivity contribution >= 4 is 11.9 Å². The molecule has 6 nitrogen and oxygen atoms in total. The fraction of sp³-hybridized carbons (Fsp3) is 0.263. The average molecular weight is 339 g/mol. The summed E-state index contributed by atoms with van der Waals surface area (Å²) in [7, 11) is 0. The van der Waals surface area contributed by atoms with E-state index >= 15 is 0 Å². The normalized spacial score (nSPS) is 26.0. The van der Waals surface area contributed by atoms with Gasteiger partial charge in [-0.1, -0.05) is 50.2 Å². The first kappa shape index (κ1) is 15.7. The van der Waals surface area contributed by atoms with Gasteiger partial charge in [0, 0.05) is 16.7 Å². The molecule has 0 saturated heterocycles. The van der Waals surface area contributed by atoms with E-state index in [0.717, 1.165) is 5.56 Å². The second-order valence-corrected chi connectivity index (χ2v) is 6.71. The summed E-state index contributed by atoms with van der Waals surface area (Å²) < 4.78 is 5.82. The molecule has 1 aliphatic carbocycles. The first-order chi connectivity index (χ1) is 11.8. The highest BCUT2D eigenvalue weighted by Crippen LogP contribution is 2.58. The third-order valence-corrected chi connectivity index (χ3v) is 5.01. The third-order valence-electron chi connectivity index (χ3n) is 5.01. The number of hydrogen-bond donors (Lipinski definition) is 3. The summed E-state index contributed by atoms with van der Waals surface area (Å²) in [5.74, 6) is -2.11. The highest BCUT2D eigenvalue weighted by Gasteiger charge is 2.71. The number of benzene rings is 2. The Bertz CT molecular complexity index is 922. The Morgan fingerprint density at radius 3 is 2.56 bits per heavy atom. The number of carboxylic acid groups (broad SMARTS) is 1. The van der Waals surface area contributed by atoms with Crippen molar-refractivity contribution in [2.75, 3.05) is 0 Å². The Morgan fingerprint density at radius 2 is 1.88 bits per heavy atom. The topological polar surface area (TPSA) is 95.9 Å². The van der Waals surface area contributed by atoms with Crippen molar-refractivity contribution in [2.24, 2.45) is 0 Å². The van der Waals surface area contributed by atoms with Crippen LogP contribution < -0.4 is 10.1 Å². The molecule has 1 aliphatic heterocycles. The van der Waals surface area contributed by atoms with Crippen LogP contribution in [0.2, 0.25) is 0 Å². The Balaban J connectivity index is 2.01. The standard InChI is InChI=1S/C19H17NO5/c1-10(2)11-7-8-14-15(9-11)25-19(24)13-6-4-3-5-12(13)16(21)18(14,19)20-17(22)23/h3-10,20,24H,1-2H3,(H,22,23)/t18-,19-/m0/s1. The average Bonchev–Trinajstić information content (AvgIpc) is 2.92. The molecule has 0 aromatic heterocycles. The highest BCUT2D eigenvalue weighted by atomic mass is 16.6. The molecule has 0 saturated carbocycles. The van der Waals surface area contributed by atoms with Crippen LogP contribution in [0, 0.1) is 0 Å². The van der Waals surface area contributed by atoms with Crippen molar-refractivity contribution in [3.05, 3.63) is 64.7 Å². The van der Waals surface area contributed by atoms with Gasteiger partial charge in [0.05, 0.1) is 0 Å². The Kier molecular flexibility index (Phi) is 3.02. The van der Waals surface area contributed by atoms with E-state index in [1.54, 1.807) is 36.4 Å². The molecule has 4 rings (SSSR count). The monoisotopic (exact) mass is 339 g/mol. The van der Waals surface area contributed by atoms with E-state index in [-0.39, 0.29) is 17.0 Å². The van der Waals surface area contributed by atoms with Gasteiger partial charge in [-0.25, -0.2) is 4.79 Å². The number of aliphatic hydroxyl groups is 1. The van der Waals surface area contributed by atoms with E-state index in [1.165, 1.54) is 0 Å². The molecule has 0 unspecified atom stereocenters. The van der Waals surface area contributed by atoms with Crippen LogP contribution in [-0.2, 0) is 11.3 Å². The van der Waals surface area contributed by atoms with Crippen LogP contribution in [-0.4, -0.2) is 22.1 Å². The summed E-state index contributed by atoms with van der Waals surface area (Å²) in [5, 5.41) is 23.0. The van der Waals surface area contributed by atoms with E-state index in [4.69, 9.17) is 4.74 Å². The van der Waals surface area contributed by atoms with Gasteiger partial charge in [-0.2, -0.15) is 0 Å². The maximum absolute atomic E-state index is 13.2. The number of carbonyl (C=O) groups is 2. The van der Waals surface area contributed by atoms with Gasteiger partial charge >= 0.3 is 6.09 Å². The smallest absolute Gasteiger partial charge is 0.405 e. The van der Waals surface area contributed by atoms with Crippen LogP contribution in [0.3, 0.4) is 0 Å². The van der Waals surface area contributed by atoms with Gasteiger partial charge in [-0.3, -0.25) is 10.1 Å². The van der Waals surface area contributed by atoms with Crippen molar-refractivity contribution < 1.29 is 24.5 Å². The predicted octanol–water partition coefficient (Wildman–Crippen LogP) is 2.71. The zero-order chi connectivity index (χ0) is 18.0. The van der Waals surface area contributed by atoms with Gasteiger partial charge < -0.3 is 14.9 Å². The van der Waals surface area contributed by atoms with Gasteiger partial charge in [0.15, 0.2) is 0 Å². The lowest BCUT2D eigenvalue weighted by Gasteiger charge is -2.33. The van der Waals surface area contributed by atoms with E-state index in [2.05, 4.69) is 5.32 Å². The van der Waals surface area contributed by atoms with Crippen LogP contribution in [0.25, 0.3) is 0 Å². The molecule has 2 aromatic carbocycles. The number of ether oxygens (including phenoxy) is 1. The molecule has 128 valence electrons. The zero-order valence-corrected chi connectivity index (χ0v) is 13.7. The number of rotatable bonds is 2. The molecule has 0 spiro atoms. The van der Waals surface area contributed by atoms with Gasteiger partial charge in [-0.15, -0.1) is 0 Å². The summed E-state index contributed by atoms with van der Waals surface area (Å²) in [6.45, 7) is 4.02. The molecule has 0 radical (unpaired) electrons. The summed E-state index contributed by atoms with van der Waals surface area (Å²) in [4.78, 5) is 24.6. The third kappa shape index (κ3) is 1.77. The Hall–Kier alpha value is -2.86. The van der Waals surface area contributed by atoms with Crippen LogP contribution in [0.5, 0.6) is 5.75 Å². The molecule has 1 heterocycles. The largest absolute Gasteiger partial charge is 0.465 e. The maximum Gasteiger partial charge on any atom is 0.405 e. The van der Waals surface area contributed by atoms with Crippen LogP contribution in [0.4, 0.5) is 4.79 Å². The van der Waals surface area contributed by atoms with Crippen molar-refractivity contribution in [1.82, 2.24) is 5.32 Å². The number of hydrogen-bond acceptors (Lipinski definition) is 4. The molecular weight excluding hydrogens is 322 g/mol. The summed E-state index contributed by atoms with van der Waals surface area (Å²) >= 11 is 0. The fourth-order valence-electron chi connectivity index (χ4n) is 3.79. The molecular formula is C19H17NO5. The zero-order valence-electron chi connectivity index (χ0n) is 13.7. The van der Waals surface area contributed by atoms with Crippen molar-refractivity contribution in [3.8, 4) is 5.75 Å². The quantitative estimate of drug-likeness (QED) is 0.782. The van der Waals surface area contributed by atoms with Crippen molar-refractivity contribution in [1.29, 1.82) is 0 Å². The van der Waals surface area contributed by atoms with Crippen molar-refractivity contribution in [3.63, 3.8) is 0 Å². The minimum Gasteiger partial charge on any atom is -0.465 e. The van der Waals surface area contributed by atoms with Gasteiger partial charge in [0.25, 0.3) is 5.79 Å². The summed E-state index contributed by atoms with van der Waals surface area (Å²) in [5.41, 5.74) is -0.113. The molecule has 1 amide bonds. The van der Waals surface area contributed by atoms with Gasteiger partial charge in [-0.05, 0) is 17.5 Å². The van der Waals surface area contributed by atoms with Gasteiger partial charge in [0.2, 0.25) is 11.3 Å². The van der Waals surface area contributed by atoms with Gasteiger partial charge in [0.1, 0.15) is 5.75 Å². The molecule has 25 heavy (non-hydrogen) atoms. The second kappa shape index (κ2) is 4.83. The lowest BCUT2D eigenvalue weighted by molar-refractivity contribution is -0.169. The highest BCUT2D eigenvalue weighted by molar-refractivity contribution is 6.11. The fourth-order valence-corrected chi connectivity index (χ4v) is 3.79. The van der Waals surface area contributed by atoms with Crippen LogP contribution >= 0.6 is 0 Å². The maximum atomic E-state index is 13.2. The molecule has 2 aliphatic rings. The Labute approximate surface area is 144 Å². The van der Waals surface area contributed by atoms with Crippen LogP contribution in [0.15, 0.2) is 42.5 Å². The Morgan fingerprint density at radius 1 is 1.16 bits per heavy atom. The first-order valence-corrected chi connectivity index (χ1v) is 8.02. The SMILES string of the molecule is CC(C)c1ccc2c(c1)O[C@@]1(O)c3ccccc3C(=O)[C@@]21NC(=O)O. The molecule has 2 atom stereocenters. The molecule has 6 heteroatoms. The van der Waals surface area contributed by atoms with Crippen LogP contribution in [0.1, 0.15) is 46.8 Å². The summed E-state index contributed by atoms with van der Waals surface area (Å²) in [6, 6.07) is 11.7. The number of Topliss-reactive ketones (excluding diaryl/α,β-unsaturated/α-hetero) is 1. The summed E-state index contributed by atoms with van der Waals surface area (Å²) in [6.07, 6.45) is -1.41. The lowest BCUT2D eigenvalue weighted by Crippen LogP contribution is -2.59. The van der Waals surface area contributed by atoms with E-state index in [9.17, 15) is 19.8 Å². The number of ketones is 1. The van der Waals surface area contributed by atoms with E-state index < -0.39 is 23.2 Å². The number of carbonyl (C=O) groups excluding carboxylic acids is 1. The minimum atomic E-state index is -2.11. The number of amides is 1. The lowest BCUT2D eigenvalue weighted by atomic mass is 9.82. The molecule has 0 bridgehead atoms. The van der Waals surface area contributed by atoms with E-state index in [1.807, 2.05) is 19.9 Å². The number of fused-ring (bicyclic) bond motifs is 5. The first-order valence-electron chi connectivity index (χ1n) is 8.02. The second-order valence-electron chi connectivity index (χ2n) is 6.71. The molecule has 0 fully saturated rings. The predicted molar refractivity (Wildman–Crippen MR) is 88.7 cm³/mol. The minimum absolute atomic E-state index is 0.218. The van der Waals surface area contributed by atoms with E-state index in [0.29, 0.717) is 11.3 Å². The molecule has 2 aromatic rings. The number of nitrogens with one attached hydrogen (secondary N) is 1. The molecule has 3 N–H and O–H groups in total.